The molecule has 170 valence electrons. The molecule has 3 aromatic rings. The van der Waals surface area contributed by atoms with Crippen LogP contribution in [0, 0.1) is 6.92 Å². The van der Waals surface area contributed by atoms with Crippen LogP contribution in [-0.4, -0.2) is 53.7 Å². The van der Waals surface area contributed by atoms with Crippen molar-refractivity contribution in [2.45, 2.75) is 19.4 Å². The molecule has 2 aromatic carbocycles. The average Bonchev–Trinajstić information content (AvgIpc) is 3.48. The van der Waals surface area contributed by atoms with Crippen LogP contribution in [0.1, 0.15) is 29.3 Å². The summed E-state index contributed by atoms with van der Waals surface area (Å²) < 4.78 is 15.9. The number of carbonyl (C=O) groups excluding carboxylic acids is 2. The summed E-state index contributed by atoms with van der Waals surface area (Å²) in [6, 6.07) is 11.9. The van der Waals surface area contributed by atoms with Gasteiger partial charge >= 0.3 is 0 Å². The second kappa shape index (κ2) is 8.29. The number of aromatic amines is 1. The van der Waals surface area contributed by atoms with Gasteiger partial charge in [-0.3, -0.25) is 9.59 Å². The van der Waals surface area contributed by atoms with E-state index < -0.39 is 17.7 Å². The third kappa shape index (κ3) is 3.43. The number of H-pyrrole nitrogens is 1. The van der Waals surface area contributed by atoms with E-state index in [1.54, 1.807) is 25.3 Å². The maximum atomic E-state index is 13.2. The number of nitrogens with zero attached hydrogens (tertiary/aromatic N) is 1. The van der Waals surface area contributed by atoms with Crippen molar-refractivity contribution in [1.82, 2.24) is 9.88 Å². The number of methoxy groups -OCH3 is 1. The Morgan fingerprint density at radius 3 is 2.79 bits per heavy atom. The highest BCUT2D eigenvalue weighted by Crippen LogP contribution is 2.44. The number of para-hydroxylation sites is 1. The van der Waals surface area contributed by atoms with Crippen LogP contribution in [0.25, 0.3) is 16.7 Å². The summed E-state index contributed by atoms with van der Waals surface area (Å²) in [6.07, 6.45) is 0.561. The van der Waals surface area contributed by atoms with Crippen molar-refractivity contribution in [2.24, 2.45) is 0 Å². The number of rotatable bonds is 6. The first-order valence-corrected chi connectivity index (χ1v) is 10.8. The summed E-state index contributed by atoms with van der Waals surface area (Å²) in [5.41, 5.74) is 2.97. The Bertz CT molecular complexity index is 1290. The molecule has 1 unspecified atom stereocenters. The van der Waals surface area contributed by atoms with Gasteiger partial charge in [-0.2, -0.15) is 0 Å². The molecule has 0 spiro atoms. The van der Waals surface area contributed by atoms with Gasteiger partial charge in [0.2, 0.25) is 6.79 Å². The van der Waals surface area contributed by atoms with Crippen LogP contribution in [0.5, 0.6) is 11.5 Å². The summed E-state index contributed by atoms with van der Waals surface area (Å²) in [5.74, 6) is -0.542. The molecule has 1 atom stereocenters. The van der Waals surface area contributed by atoms with Gasteiger partial charge in [0.15, 0.2) is 11.5 Å². The molecule has 1 aromatic heterocycles. The monoisotopic (exact) mass is 448 g/mol. The highest BCUT2D eigenvalue weighted by atomic mass is 16.7. The summed E-state index contributed by atoms with van der Waals surface area (Å²) in [5, 5.41) is 12.2. The lowest BCUT2D eigenvalue weighted by Gasteiger charge is -2.25. The number of aliphatic hydroxyl groups is 1. The SMILES string of the molecule is COCCCN1C(=O)C(=O)/C(=C(/O)c2ccc3c(c2)OCO3)C1c1c(C)[nH]c2ccccc12. The third-order valence-corrected chi connectivity index (χ3v) is 6.15. The maximum absolute atomic E-state index is 13.2. The number of ether oxygens (including phenoxy) is 3. The van der Waals surface area contributed by atoms with Crippen molar-refractivity contribution < 1.29 is 28.9 Å². The van der Waals surface area contributed by atoms with Crippen LogP contribution < -0.4 is 9.47 Å². The zero-order chi connectivity index (χ0) is 23.1. The first-order chi connectivity index (χ1) is 16.0. The molecule has 8 heteroatoms. The van der Waals surface area contributed by atoms with E-state index >= 15 is 0 Å². The van der Waals surface area contributed by atoms with E-state index in [4.69, 9.17) is 14.2 Å². The van der Waals surface area contributed by atoms with E-state index in [2.05, 4.69) is 4.98 Å². The normalized spacial score (nSPS) is 19.1. The van der Waals surface area contributed by atoms with E-state index in [0.29, 0.717) is 36.6 Å². The Labute approximate surface area is 190 Å². The van der Waals surface area contributed by atoms with Gasteiger partial charge in [-0.1, -0.05) is 18.2 Å². The largest absolute Gasteiger partial charge is 0.507 e. The number of hydrogen-bond acceptors (Lipinski definition) is 6. The van der Waals surface area contributed by atoms with E-state index in [-0.39, 0.29) is 18.1 Å². The number of hydrogen-bond donors (Lipinski definition) is 2. The number of likely N-dealkylation sites (tertiary alicyclic amines) is 1. The Morgan fingerprint density at radius 1 is 1.18 bits per heavy atom. The predicted octanol–water partition coefficient (Wildman–Crippen LogP) is 3.66. The Balaban J connectivity index is 1.69. The van der Waals surface area contributed by atoms with Crippen molar-refractivity contribution in [3.8, 4) is 11.5 Å². The molecule has 0 saturated carbocycles. The first-order valence-electron chi connectivity index (χ1n) is 10.8. The van der Waals surface area contributed by atoms with Gasteiger partial charge in [0.05, 0.1) is 11.6 Å². The van der Waals surface area contributed by atoms with Crippen molar-refractivity contribution in [3.63, 3.8) is 0 Å². The Hall–Kier alpha value is -3.78. The molecule has 1 fully saturated rings. The zero-order valence-electron chi connectivity index (χ0n) is 18.4. The van der Waals surface area contributed by atoms with Crippen LogP contribution in [0.15, 0.2) is 48.0 Å². The van der Waals surface area contributed by atoms with Gasteiger partial charge in [-0.15, -0.1) is 0 Å². The molecule has 8 nitrogen and oxygen atoms in total. The second-order valence-corrected chi connectivity index (χ2v) is 8.12. The van der Waals surface area contributed by atoms with E-state index in [1.807, 2.05) is 31.2 Å². The molecule has 2 N–H and O–H groups in total. The minimum Gasteiger partial charge on any atom is -0.507 e. The summed E-state index contributed by atoms with van der Waals surface area (Å²) in [4.78, 5) is 31.2. The number of aryl methyl sites for hydroxylation is 1. The van der Waals surface area contributed by atoms with Crippen LogP contribution in [-0.2, 0) is 14.3 Å². The lowest BCUT2D eigenvalue weighted by Crippen LogP contribution is -2.31. The Morgan fingerprint density at radius 2 is 1.97 bits per heavy atom. The number of aliphatic hydroxyl groups excluding tert-OH is 1. The van der Waals surface area contributed by atoms with Crippen molar-refractivity contribution >= 4 is 28.4 Å². The standard InChI is InChI=1S/C25H24N2O6/c1-14-20(16-6-3-4-7-17(16)26-14)22-21(24(29)25(30)27(22)10-5-11-31-2)23(28)15-8-9-18-19(12-15)33-13-32-18/h3-4,6-9,12,22,26,28H,5,10-11,13H2,1-2H3/b23-21+. The summed E-state index contributed by atoms with van der Waals surface area (Å²) in [6.45, 7) is 2.77. The van der Waals surface area contributed by atoms with Crippen molar-refractivity contribution in [1.29, 1.82) is 0 Å². The van der Waals surface area contributed by atoms with Crippen LogP contribution in [0.4, 0.5) is 0 Å². The maximum Gasteiger partial charge on any atom is 0.295 e. The lowest BCUT2D eigenvalue weighted by molar-refractivity contribution is -0.140. The van der Waals surface area contributed by atoms with Crippen molar-refractivity contribution in [2.75, 3.05) is 27.1 Å². The minimum atomic E-state index is -0.733. The first kappa shape index (κ1) is 21.1. The number of benzene rings is 2. The lowest BCUT2D eigenvalue weighted by atomic mass is 9.93. The number of nitrogens with one attached hydrogen (secondary N) is 1. The van der Waals surface area contributed by atoms with Gasteiger partial charge in [0.1, 0.15) is 5.76 Å². The van der Waals surface area contributed by atoms with E-state index in [9.17, 15) is 14.7 Å². The number of Topliss-reactive ketones (excluding diaryl/α,β-unsaturated/α-hetero) is 1. The predicted molar refractivity (Wildman–Crippen MR) is 121 cm³/mol. The highest BCUT2D eigenvalue weighted by molar-refractivity contribution is 6.46. The number of carbonyl (C=O) groups is 2. The van der Waals surface area contributed by atoms with Gasteiger partial charge in [-0.25, -0.2) is 0 Å². The number of amides is 1. The van der Waals surface area contributed by atoms with Crippen molar-refractivity contribution in [3.05, 3.63) is 64.9 Å². The quantitative estimate of drug-likeness (QED) is 0.258. The fourth-order valence-corrected chi connectivity index (χ4v) is 4.64. The molecular formula is C25H24N2O6. The molecule has 3 heterocycles. The second-order valence-electron chi connectivity index (χ2n) is 8.12. The van der Waals surface area contributed by atoms with Crippen LogP contribution in [0.3, 0.4) is 0 Å². The average molecular weight is 448 g/mol. The fraction of sp³-hybridized carbons (Fsp3) is 0.280. The smallest absolute Gasteiger partial charge is 0.295 e. The summed E-state index contributed by atoms with van der Waals surface area (Å²) >= 11 is 0. The molecule has 2 aliphatic rings. The molecule has 1 saturated heterocycles. The van der Waals surface area contributed by atoms with Crippen LogP contribution >= 0.6 is 0 Å². The molecule has 0 aliphatic carbocycles. The zero-order valence-corrected chi connectivity index (χ0v) is 18.4. The van der Waals surface area contributed by atoms with E-state index in [1.165, 1.54) is 4.90 Å². The van der Waals surface area contributed by atoms with Gasteiger partial charge in [0.25, 0.3) is 11.7 Å². The third-order valence-electron chi connectivity index (χ3n) is 6.15. The molecular weight excluding hydrogens is 424 g/mol. The molecule has 1 amide bonds. The fourth-order valence-electron chi connectivity index (χ4n) is 4.64. The molecule has 5 rings (SSSR count). The number of aromatic nitrogens is 1. The van der Waals surface area contributed by atoms with Gasteiger partial charge < -0.3 is 29.2 Å². The number of fused-ring (bicyclic) bond motifs is 2. The van der Waals surface area contributed by atoms with Gasteiger partial charge in [-0.05, 0) is 37.6 Å². The van der Waals surface area contributed by atoms with Crippen LogP contribution in [0.2, 0.25) is 0 Å². The van der Waals surface area contributed by atoms with E-state index in [0.717, 1.165) is 22.2 Å². The Kier molecular flexibility index (Phi) is 5.30. The van der Waals surface area contributed by atoms with Gasteiger partial charge in [0, 0.05) is 48.0 Å². The topological polar surface area (TPSA) is 101 Å². The molecule has 33 heavy (non-hydrogen) atoms. The molecule has 0 radical (unpaired) electrons. The number of ketones is 1. The minimum absolute atomic E-state index is 0.0594. The highest BCUT2D eigenvalue weighted by Gasteiger charge is 2.47. The summed E-state index contributed by atoms with van der Waals surface area (Å²) in [7, 11) is 1.59. The molecule has 0 bridgehead atoms. The molecule has 2 aliphatic heterocycles.